The van der Waals surface area contributed by atoms with E-state index >= 15 is 0 Å². The van der Waals surface area contributed by atoms with Gasteiger partial charge in [-0.25, -0.2) is 0 Å². The maximum atomic E-state index is 12.0. The molecule has 1 aliphatic heterocycles. The summed E-state index contributed by atoms with van der Waals surface area (Å²) in [7, 11) is 1.85. The molecule has 17 heavy (non-hydrogen) atoms. The lowest BCUT2D eigenvalue weighted by atomic mass is 10.0. The molecular weight excluding hydrogens is 212 g/mol. The van der Waals surface area contributed by atoms with Crippen LogP contribution in [0.3, 0.4) is 0 Å². The predicted molar refractivity (Wildman–Crippen MR) is 70.3 cm³/mol. The number of anilines is 1. The molecule has 0 spiro atoms. The van der Waals surface area contributed by atoms with E-state index in [4.69, 9.17) is 0 Å². The second-order valence-electron chi connectivity index (χ2n) is 5.00. The zero-order valence-corrected chi connectivity index (χ0v) is 10.7. The van der Waals surface area contributed by atoms with Gasteiger partial charge >= 0.3 is 0 Å². The first kappa shape index (κ1) is 12.1. The molecule has 1 N–H and O–H groups in total. The molecule has 1 amide bonds. The predicted octanol–water partition coefficient (Wildman–Crippen LogP) is 1.99. The Labute approximate surface area is 103 Å². The summed E-state index contributed by atoms with van der Waals surface area (Å²) < 4.78 is 0. The van der Waals surface area contributed by atoms with Crippen LogP contribution in [0.2, 0.25) is 0 Å². The van der Waals surface area contributed by atoms with Gasteiger partial charge in [0, 0.05) is 25.8 Å². The highest BCUT2D eigenvalue weighted by Crippen LogP contribution is 2.21. The van der Waals surface area contributed by atoms with E-state index in [1.165, 1.54) is 5.56 Å². The lowest BCUT2D eigenvalue weighted by molar-refractivity contribution is -0.123. The molecule has 1 aromatic carbocycles. The molecule has 0 bridgehead atoms. The second-order valence-corrected chi connectivity index (χ2v) is 5.00. The van der Waals surface area contributed by atoms with Gasteiger partial charge < -0.3 is 10.2 Å². The SMILES string of the molecule is CC(C)c1ccc(N(C)C(=O)C2CNC2)cc1. The van der Waals surface area contributed by atoms with Crippen molar-refractivity contribution in [2.24, 2.45) is 5.92 Å². The van der Waals surface area contributed by atoms with E-state index in [-0.39, 0.29) is 11.8 Å². The smallest absolute Gasteiger partial charge is 0.232 e. The first-order valence-electron chi connectivity index (χ1n) is 6.18. The van der Waals surface area contributed by atoms with Gasteiger partial charge in [0.1, 0.15) is 0 Å². The van der Waals surface area contributed by atoms with Gasteiger partial charge in [-0.3, -0.25) is 4.79 Å². The van der Waals surface area contributed by atoms with Gasteiger partial charge in [-0.2, -0.15) is 0 Å². The van der Waals surface area contributed by atoms with Crippen LogP contribution in [0.25, 0.3) is 0 Å². The van der Waals surface area contributed by atoms with E-state index in [1.807, 2.05) is 19.2 Å². The van der Waals surface area contributed by atoms with Crippen LogP contribution >= 0.6 is 0 Å². The number of amides is 1. The molecule has 0 aliphatic carbocycles. The van der Waals surface area contributed by atoms with E-state index in [0.29, 0.717) is 5.92 Å². The number of nitrogens with zero attached hydrogens (tertiary/aromatic N) is 1. The van der Waals surface area contributed by atoms with Gasteiger partial charge in [0.05, 0.1) is 5.92 Å². The van der Waals surface area contributed by atoms with E-state index in [9.17, 15) is 4.79 Å². The summed E-state index contributed by atoms with van der Waals surface area (Å²) >= 11 is 0. The third-order valence-corrected chi connectivity index (χ3v) is 3.41. The zero-order chi connectivity index (χ0) is 12.4. The summed E-state index contributed by atoms with van der Waals surface area (Å²) in [6.45, 7) is 5.97. The minimum atomic E-state index is 0.157. The molecule has 1 fully saturated rings. The van der Waals surface area contributed by atoms with Crippen molar-refractivity contribution in [3.63, 3.8) is 0 Å². The summed E-state index contributed by atoms with van der Waals surface area (Å²) in [5, 5.41) is 3.13. The average Bonchev–Trinajstić information content (AvgIpc) is 2.25. The third kappa shape index (κ3) is 2.50. The first-order valence-corrected chi connectivity index (χ1v) is 6.18. The Hall–Kier alpha value is -1.35. The van der Waals surface area contributed by atoms with E-state index < -0.39 is 0 Å². The molecule has 1 heterocycles. The monoisotopic (exact) mass is 232 g/mol. The summed E-state index contributed by atoms with van der Waals surface area (Å²) in [6.07, 6.45) is 0. The number of nitrogens with one attached hydrogen (secondary N) is 1. The Bertz CT molecular complexity index is 393. The highest BCUT2D eigenvalue weighted by molar-refractivity contribution is 5.95. The molecular formula is C14H20N2O. The Morgan fingerprint density at radius 3 is 2.29 bits per heavy atom. The normalized spacial score (nSPS) is 15.8. The Kier molecular flexibility index (Phi) is 3.48. The molecule has 0 unspecified atom stereocenters. The van der Waals surface area contributed by atoms with E-state index in [2.05, 4.69) is 31.3 Å². The fourth-order valence-electron chi connectivity index (χ4n) is 1.95. The standard InChI is InChI=1S/C14H20N2O/c1-10(2)11-4-6-13(7-5-11)16(3)14(17)12-8-15-9-12/h4-7,10,12,15H,8-9H2,1-3H3. The van der Waals surface area contributed by atoms with Crippen LogP contribution in [-0.4, -0.2) is 26.0 Å². The van der Waals surface area contributed by atoms with Crippen molar-refractivity contribution in [1.29, 1.82) is 0 Å². The number of hydrogen-bond donors (Lipinski definition) is 1. The highest BCUT2D eigenvalue weighted by Gasteiger charge is 2.28. The third-order valence-electron chi connectivity index (χ3n) is 3.41. The van der Waals surface area contributed by atoms with Gasteiger partial charge in [0.15, 0.2) is 0 Å². The molecule has 0 aromatic heterocycles. The van der Waals surface area contributed by atoms with Crippen LogP contribution in [0.1, 0.15) is 25.3 Å². The number of carbonyl (C=O) groups excluding carboxylic acids is 1. The summed E-state index contributed by atoms with van der Waals surface area (Å²) in [4.78, 5) is 13.8. The summed E-state index contributed by atoms with van der Waals surface area (Å²) in [6, 6.07) is 8.25. The maximum absolute atomic E-state index is 12.0. The van der Waals surface area contributed by atoms with Crippen molar-refractivity contribution in [3.8, 4) is 0 Å². The quantitative estimate of drug-likeness (QED) is 0.864. The van der Waals surface area contributed by atoms with Crippen LogP contribution in [-0.2, 0) is 4.79 Å². The largest absolute Gasteiger partial charge is 0.315 e. The molecule has 1 saturated heterocycles. The van der Waals surface area contributed by atoms with Gasteiger partial charge in [-0.1, -0.05) is 26.0 Å². The number of hydrogen-bond acceptors (Lipinski definition) is 2. The van der Waals surface area contributed by atoms with Crippen molar-refractivity contribution >= 4 is 11.6 Å². The maximum Gasteiger partial charge on any atom is 0.232 e. The van der Waals surface area contributed by atoms with Crippen LogP contribution in [0, 0.1) is 5.92 Å². The summed E-state index contributed by atoms with van der Waals surface area (Å²) in [5.74, 6) is 0.895. The fraction of sp³-hybridized carbons (Fsp3) is 0.500. The Balaban J connectivity index is 2.08. The van der Waals surface area contributed by atoms with Crippen molar-refractivity contribution in [2.75, 3.05) is 25.0 Å². The molecule has 1 aliphatic rings. The van der Waals surface area contributed by atoms with Gasteiger partial charge in [0.25, 0.3) is 0 Å². The first-order chi connectivity index (χ1) is 8.09. The lowest BCUT2D eigenvalue weighted by Crippen LogP contribution is -2.51. The molecule has 1 aromatic rings. The molecule has 92 valence electrons. The number of benzene rings is 1. The molecule has 0 radical (unpaired) electrons. The van der Waals surface area contributed by atoms with E-state index in [0.717, 1.165) is 18.8 Å². The molecule has 3 heteroatoms. The fourth-order valence-corrected chi connectivity index (χ4v) is 1.95. The lowest BCUT2D eigenvalue weighted by Gasteiger charge is -2.30. The minimum absolute atomic E-state index is 0.157. The van der Waals surface area contributed by atoms with Crippen LogP contribution in [0.4, 0.5) is 5.69 Å². The topological polar surface area (TPSA) is 32.3 Å². The van der Waals surface area contributed by atoms with Crippen molar-refractivity contribution in [3.05, 3.63) is 29.8 Å². The van der Waals surface area contributed by atoms with Gasteiger partial charge in [-0.15, -0.1) is 0 Å². The van der Waals surface area contributed by atoms with Gasteiger partial charge in [-0.05, 0) is 23.6 Å². The molecule has 3 nitrogen and oxygen atoms in total. The molecule has 2 rings (SSSR count). The van der Waals surface area contributed by atoms with Crippen molar-refractivity contribution in [1.82, 2.24) is 5.32 Å². The zero-order valence-electron chi connectivity index (χ0n) is 10.7. The number of carbonyl (C=O) groups is 1. The highest BCUT2D eigenvalue weighted by atomic mass is 16.2. The van der Waals surface area contributed by atoms with Crippen LogP contribution < -0.4 is 10.2 Å². The van der Waals surface area contributed by atoms with Gasteiger partial charge in [0.2, 0.25) is 5.91 Å². The molecule has 0 saturated carbocycles. The van der Waals surface area contributed by atoms with Crippen LogP contribution in [0.15, 0.2) is 24.3 Å². The second kappa shape index (κ2) is 4.88. The van der Waals surface area contributed by atoms with E-state index in [1.54, 1.807) is 4.90 Å². The summed E-state index contributed by atoms with van der Waals surface area (Å²) in [5.41, 5.74) is 2.28. The van der Waals surface area contributed by atoms with Crippen molar-refractivity contribution in [2.45, 2.75) is 19.8 Å². The number of rotatable bonds is 3. The Morgan fingerprint density at radius 1 is 1.29 bits per heavy atom. The molecule has 0 atom stereocenters. The minimum Gasteiger partial charge on any atom is -0.315 e. The Morgan fingerprint density at radius 2 is 1.88 bits per heavy atom. The van der Waals surface area contributed by atoms with Crippen LogP contribution in [0.5, 0.6) is 0 Å². The average molecular weight is 232 g/mol. The van der Waals surface area contributed by atoms with Crippen molar-refractivity contribution < 1.29 is 4.79 Å².